The number of aliphatic imine (C=N–C) groups is 2. The number of benzene rings is 2. The molecule has 0 atom stereocenters. The summed E-state index contributed by atoms with van der Waals surface area (Å²) in [7, 11) is 1.20. The van der Waals surface area contributed by atoms with E-state index in [-0.39, 0.29) is 36.4 Å². The van der Waals surface area contributed by atoms with Crippen molar-refractivity contribution in [3.63, 3.8) is 0 Å². The lowest BCUT2D eigenvalue weighted by Gasteiger charge is -2.14. The molecule has 13 heteroatoms. The number of ether oxygens (including phenoxy) is 1. The van der Waals surface area contributed by atoms with Crippen LogP contribution in [0.4, 0.5) is 23.4 Å². The SMILES string of the molecule is CN=C/C(C(=O)NC(=NCC(C)C)Nc1cc(-c2ccc(OCc3ccccc3)cc2F)[nH]n1)=C(\N)C(F)(F)F. The van der Waals surface area contributed by atoms with Crippen molar-refractivity contribution in [2.45, 2.75) is 26.6 Å². The fraction of sp³-hybridized carbons (Fsp3) is 0.259. The van der Waals surface area contributed by atoms with Crippen molar-refractivity contribution in [1.29, 1.82) is 0 Å². The molecule has 0 saturated carbocycles. The number of nitrogens with one attached hydrogen (secondary N) is 3. The van der Waals surface area contributed by atoms with Crippen LogP contribution in [0.1, 0.15) is 19.4 Å². The number of nitrogens with zero attached hydrogens (tertiary/aromatic N) is 3. The van der Waals surface area contributed by atoms with Gasteiger partial charge in [-0.25, -0.2) is 4.39 Å². The maximum Gasteiger partial charge on any atom is 0.431 e. The molecule has 0 spiro atoms. The number of alkyl halides is 3. The lowest BCUT2D eigenvalue weighted by atomic mass is 10.1. The van der Waals surface area contributed by atoms with Gasteiger partial charge in [0.15, 0.2) is 5.82 Å². The molecule has 0 aliphatic rings. The van der Waals surface area contributed by atoms with Gasteiger partial charge < -0.3 is 15.8 Å². The molecule has 5 N–H and O–H groups in total. The summed E-state index contributed by atoms with van der Waals surface area (Å²) in [6, 6.07) is 15.3. The van der Waals surface area contributed by atoms with Crippen molar-refractivity contribution < 1.29 is 27.1 Å². The minimum absolute atomic E-state index is 0.0626. The molecule has 0 unspecified atom stereocenters. The summed E-state index contributed by atoms with van der Waals surface area (Å²) in [4.78, 5) is 20.4. The number of aromatic amines is 1. The Labute approximate surface area is 228 Å². The average molecular weight is 560 g/mol. The summed E-state index contributed by atoms with van der Waals surface area (Å²) in [6.45, 7) is 4.23. The lowest BCUT2D eigenvalue weighted by molar-refractivity contribution is -0.117. The third-order valence-corrected chi connectivity index (χ3v) is 5.25. The molecular weight excluding hydrogens is 530 g/mol. The van der Waals surface area contributed by atoms with E-state index in [0.29, 0.717) is 17.7 Å². The number of allylic oxidation sites excluding steroid dienone is 1. The Balaban J connectivity index is 1.77. The number of halogens is 4. The van der Waals surface area contributed by atoms with E-state index in [0.717, 1.165) is 5.56 Å². The molecular formula is C27H29F4N7O2. The van der Waals surface area contributed by atoms with E-state index in [1.807, 2.05) is 44.2 Å². The van der Waals surface area contributed by atoms with E-state index in [1.54, 1.807) is 6.07 Å². The second-order valence-corrected chi connectivity index (χ2v) is 8.96. The maximum absolute atomic E-state index is 14.9. The highest BCUT2D eigenvalue weighted by molar-refractivity contribution is 6.19. The monoisotopic (exact) mass is 559 g/mol. The Kier molecular flexibility index (Phi) is 10.0. The second-order valence-electron chi connectivity index (χ2n) is 8.96. The van der Waals surface area contributed by atoms with Crippen molar-refractivity contribution in [1.82, 2.24) is 15.5 Å². The van der Waals surface area contributed by atoms with Crippen LogP contribution < -0.4 is 21.1 Å². The van der Waals surface area contributed by atoms with Crippen LogP contribution in [0.3, 0.4) is 0 Å². The van der Waals surface area contributed by atoms with Crippen molar-refractivity contribution in [2.75, 3.05) is 18.9 Å². The van der Waals surface area contributed by atoms with Gasteiger partial charge in [-0.2, -0.15) is 18.3 Å². The number of nitrogens with two attached hydrogens (primary N) is 1. The van der Waals surface area contributed by atoms with Gasteiger partial charge in [-0.1, -0.05) is 44.2 Å². The Bertz CT molecular complexity index is 1400. The molecule has 1 amide bonds. The Hall–Kier alpha value is -4.68. The van der Waals surface area contributed by atoms with Gasteiger partial charge in [-0.3, -0.25) is 25.2 Å². The highest BCUT2D eigenvalue weighted by Gasteiger charge is 2.36. The summed E-state index contributed by atoms with van der Waals surface area (Å²) in [6.07, 6.45) is -4.24. The molecule has 2 aromatic carbocycles. The van der Waals surface area contributed by atoms with Gasteiger partial charge in [0.05, 0.1) is 11.3 Å². The molecule has 1 heterocycles. The Morgan fingerprint density at radius 2 is 1.90 bits per heavy atom. The first-order chi connectivity index (χ1) is 19.0. The van der Waals surface area contributed by atoms with Crippen LogP contribution in [0.5, 0.6) is 5.75 Å². The standard InChI is InChI=1S/C27H29F4N7O2/c1-16(2)13-34-26(36-25(39)20(14-33-3)24(32)27(29,30)31)35-23-12-22(37-38-23)19-10-9-18(11-21(19)28)40-15-17-7-5-4-6-8-17/h4-12,14,16H,13,15,32H2,1-3H3,(H3,34,35,36,37,38,39)/b24-20+,33-14?. The van der Waals surface area contributed by atoms with Gasteiger partial charge in [-0.15, -0.1) is 0 Å². The van der Waals surface area contributed by atoms with Gasteiger partial charge in [0.25, 0.3) is 5.91 Å². The molecule has 212 valence electrons. The molecule has 0 radical (unpaired) electrons. The summed E-state index contributed by atoms with van der Waals surface area (Å²) in [5.74, 6) is -1.40. The number of H-pyrrole nitrogens is 1. The van der Waals surface area contributed by atoms with Gasteiger partial charge >= 0.3 is 6.18 Å². The highest BCUT2D eigenvalue weighted by Crippen LogP contribution is 2.27. The van der Waals surface area contributed by atoms with Crippen LogP contribution in [-0.4, -0.2) is 48.0 Å². The summed E-state index contributed by atoms with van der Waals surface area (Å²) >= 11 is 0. The van der Waals surface area contributed by atoms with Gasteiger partial charge in [-0.05, 0) is 23.6 Å². The van der Waals surface area contributed by atoms with Crippen LogP contribution in [0.2, 0.25) is 0 Å². The van der Waals surface area contributed by atoms with Crippen LogP contribution in [-0.2, 0) is 11.4 Å². The highest BCUT2D eigenvalue weighted by atomic mass is 19.4. The first-order valence-electron chi connectivity index (χ1n) is 12.1. The molecule has 0 aliphatic heterocycles. The Morgan fingerprint density at radius 1 is 1.18 bits per heavy atom. The topological polar surface area (TPSA) is 130 Å². The summed E-state index contributed by atoms with van der Waals surface area (Å²) < 4.78 is 60.0. The summed E-state index contributed by atoms with van der Waals surface area (Å²) in [5, 5.41) is 11.8. The number of amides is 1. The third-order valence-electron chi connectivity index (χ3n) is 5.25. The summed E-state index contributed by atoms with van der Waals surface area (Å²) in [5.41, 5.74) is 4.09. The Morgan fingerprint density at radius 3 is 2.52 bits per heavy atom. The number of hydrogen-bond donors (Lipinski definition) is 4. The zero-order valence-electron chi connectivity index (χ0n) is 22.0. The first-order valence-corrected chi connectivity index (χ1v) is 12.1. The predicted octanol–water partition coefficient (Wildman–Crippen LogP) is 4.81. The number of guanidine groups is 1. The first kappa shape index (κ1) is 29.9. The normalized spacial score (nSPS) is 12.9. The maximum atomic E-state index is 14.9. The zero-order chi connectivity index (χ0) is 29.3. The van der Waals surface area contributed by atoms with Crippen LogP contribution in [0.15, 0.2) is 75.9 Å². The van der Waals surface area contributed by atoms with Crippen LogP contribution in [0.25, 0.3) is 11.3 Å². The van der Waals surface area contributed by atoms with Crippen molar-refractivity contribution in [3.05, 3.63) is 77.2 Å². The quantitative estimate of drug-likeness (QED) is 0.129. The van der Waals surface area contributed by atoms with Crippen molar-refractivity contribution >= 4 is 23.9 Å². The fourth-order valence-electron chi connectivity index (χ4n) is 3.28. The number of carbonyl (C=O) groups is 1. The molecule has 0 saturated heterocycles. The number of carbonyl (C=O) groups excluding carboxylic acids is 1. The van der Waals surface area contributed by atoms with E-state index in [1.165, 1.54) is 25.2 Å². The molecule has 0 aliphatic carbocycles. The number of hydrogen-bond acceptors (Lipinski definition) is 6. The number of rotatable bonds is 9. The molecule has 3 rings (SSSR count). The fourth-order valence-corrected chi connectivity index (χ4v) is 3.28. The van der Waals surface area contributed by atoms with Crippen LogP contribution in [0, 0.1) is 11.7 Å². The molecule has 0 fully saturated rings. The smallest absolute Gasteiger partial charge is 0.431 e. The van der Waals surface area contributed by atoms with E-state index in [4.69, 9.17) is 10.5 Å². The van der Waals surface area contributed by atoms with E-state index in [9.17, 15) is 22.4 Å². The van der Waals surface area contributed by atoms with Crippen molar-refractivity contribution in [3.8, 4) is 17.0 Å². The molecule has 0 bridgehead atoms. The predicted molar refractivity (Wildman–Crippen MR) is 145 cm³/mol. The third kappa shape index (κ3) is 8.41. The minimum atomic E-state index is -4.94. The van der Waals surface area contributed by atoms with Gasteiger partial charge in [0.1, 0.15) is 23.9 Å². The van der Waals surface area contributed by atoms with Crippen LogP contribution >= 0.6 is 0 Å². The van der Waals surface area contributed by atoms with Crippen molar-refractivity contribution in [2.24, 2.45) is 21.6 Å². The van der Waals surface area contributed by atoms with Gasteiger partial charge in [0, 0.05) is 37.5 Å². The average Bonchev–Trinajstić information content (AvgIpc) is 3.36. The number of anilines is 1. The van der Waals surface area contributed by atoms with E-state index >= 15 is 0 Å². The van der Waals surface area contributed by atoms with Gasteiger partial charge in [0.2, 0.25) is 5.96 Å². The lowest BCUT2D eigenvalue weighted by Crippen LogP contribution is -2.39. The molecule has 9 nitrogen and oxygen atoms in total. The largest absolute Gasteiger partial charge is 0.489 e. The van der Waals surface area contributed by atoms with E-state index < -0.39 is 29.2 Å². The second kappa shape index (κ2) is 13.4. The minimum Gasteiger partial charge on any atom is -0.489 e. The number of aromatic nitrogens is 2. The molecule has 3 aromatic rings. The molecule has 1 aromatic heterocycles. The van der Waals surface area contributed by atoms with E-state index in [2.05, 4.69) is 30.8 Å². The zero-order valence-corrected chi connectivity index (χ0v) is 22.0. The molecule has 40 heavy (non-hydrogen) atoms.